The molecule has 0 aliphatic carbocycles. The molecular weight excluding hydrogens is 222 g/mol. The highest BCUT2D eigenvalue weighted by Gasteiger charge is 2.21. The number of aliphatic hydroxyl groups is 2. The molecule has 0 spiro atoms. The number of rotatable bonds is 5. The molecule has 0 saturated heterocycles. The molecule has 17 heavy (non-hydrogen) atoms. The van der Waals surface area contributed by atoms with Crippen LogP contribution < -0.4 is 14.8 Å². The Kier molecular flexibility index (Phi) is 3.83. The molecule has 2 atom stereocenters. The number of fused-ring (bicyclic) bond motifs is 1. The number of benzene rings is 1. The summed E-state index contributed by atoms with van der Waals surface area (Å²) in [5, 5.41) is 22.7. The fourth-order valence-electron chi connectivity index (χ4n) is 1.77. The van der Waals surface area contributed by atoms with E-state index in [-0.39, 0.29) is 6.79 Å². The predicted octanol–water partition coefficient (Wildman–Crippen LogP) is 0.419. The van der Waals surface area contributed by atoms with Crippen molar-refractivity contribution in [3.05, 3.63) is 23.8 Å². The van der Waals surface area contributed by atoms with Gasteiger partial charge in [-0.3, -0.25) is 0 Å². The summed E-state index contributed by atoms with van der Waals surface area (Å²) < 4.78 is 10.4. The monoisotopic (exact) mass is 239 g/mol. The van der Waals surface area contributed by atoms with E-state index in [1.165, 1.54) is 0 Å². The fraction of sp³-hybridized carbons (Fsp3) is 0.500. The third-order valence-corrected chi connectivity index (χ3v) is 2.79. The molecule has 0 aromatic heterocycles. The molecule has 3 N–H and O–H groups in total. The Labute approximate surface area is 100.0 Å². The van der Waals surface area contributed by atoms with Crippen LogP contribution in [0, 0.1) is 0 Å². The Bertz CT molecular complexity index is 383. The van der Waals surface area contributed by atoms with Crippen LogP contribution >= 0.6 is 0 Å². The molecule has 94 valence electrons. The minimum Gasteiger partial charge on any atom is -0.454 e. The second-order valence-corrected chi connectivity index (χ2v) is 4.02. The van der Waals surface area contributed by atoms with Crippen molar-refractivity contribution in [3.63, 3.8) is 0 Å². The molecule has 0 fully saturated rings. The topological polar surface area (TPSA) is 71.0 Å². The van der Waals surface area contributed by atoms with Gasteiger partial charge in [-0.2, -0.15) is 0 Å². The minimum atomic E-state index is -0.905. The molecule has 0 bridgehead atoms. The lowest BCUT2D eigenvalue weighted by Gasteiger charge is -2.18. The lowest BCUT2D eigenvalue weighted by molar-refractivity contribution is 0.0139. The van der Waals surface area contributed by atoms with Gasteiger partial charge in [0, 0.05) is 0 Å². The zero-order chi connectivity index (χ0) is 12.3. The van der Waals surface area contributed by atoms with Gasteiger partial charge in [-0.1, -0.05) is 6.07 Å². The molecule has 0 radical (unpaired) electrons. The molecule has 0 saturated carbocycles. The van der Waals surface area contributed by atoms with Gasteiger partial charge in [-0.15, -0.1) is 0 Å². The normalized spacial score (nSPS) is 16.9. The summed E-state index contributed by atoms with van der Waals surface area (Å²) in [6.45, 7) is 0.861. The van der Waals surface area contributed by atoms with Crippen LogP contribution in [0.3, 0.4) is 0 Å². The molecule has 2 unspecified atom stereocenters. The van der Waals surface area contributed by atoms with Crippen LogP contribution in [0.1, 0.15) is 18.1 Å². The summed E-state index contributed by atoms with van der Waals surface area (Å²) in [6.07, 6.45) is -1.20. The smallest absolute Gasteiger partial charge is 0.231 e. The van der Waals surface area contributed by atoms with E-state index < -0.39 is 12.2 Å². The Hall–Kier alpha value is -1.30. The van der Waals surface area contributed by atoms with Crippen LogP contribution in [0.4, 0.5) is 0 Å². The van der Waals surface area contributed by atoms with Gasteiger partial charge < -0.3 is 25.0 Å². The van der Waals surface area contributed by atoms with Crippen molar-refractivity contribution in [1.82, 2.24) is 5.32 Å². The van der Waals surface area contributed by atoms with E-state index in [0.29, 0.717) is 30.0 Å². The van der Waals surface area contributed by atoms with Crippen LogP contribution in [0.25, 0.3) is 0 Å². The minimum absolute atomic E-state index is 0.206. The summed E-state index contributed by atoms with van der Waals surface area (Å²) >= 11 is 0. The van der Waals surface area contributed by atoms with Gasteiger partial charge in [0.05, 0.1) is 6.10 Å². The summed E-state index contributed by atoms with van der Waals surface area (Å²) in [5.74, 6) is 1.29. The summed E-state index contributed by atoms with van der Waals surface area (Å²) in [7, 11) is 1.81. The SMILES string of the molecule is CNCCC(O)C(O)c1ccc2c(c1)OCO2. The van der Waals surface area contributed by atoms with Crippen LogP contribution in [-0.4, -0.2) is 36.7 Å². The molecule has 1 aromatic rings. The van der Waals surface area contributed by atoms with E-state index in [9.17, 15) is 10.2 Å². The van der Waals surface area contributed by atoms with Crippen molar-refractivity contribution in [2.45, 2.75) is 18.6 Å². The maximum atomic E-state index is 9.97. The summed E-state index contributed by atoms with van der Waals surface area (Å²) in [6, 6.07) is 5.18. The van der Waals surface area contributed by atoms with E-state index in [1.54, 1.807) is 25.2 Å². The van der Waals surface area contributed by atoms with E-state index in [0.717, 1.165) is 0 Å². The summed E-state index contributed by atoms with van der Waals surface area (Å²) in [4.78, 5) is 0. The molecule has 1 aliphatic rings. The van der Waals surface area contributed by atoms with Crippen LogP contribution in [0.2, 0.25) is 0 Å². The van der Waals surface area contributed by atoms with Crippen molar-refractivity contribution < 1.29 is 19.7 Å². The number of ether oxygens (including phenoxy) is 2. The second-order valence-electron chi connectivity index (χ2n) is 4.02. The summed E-state index contributed by atoms with van der Waals surface area (Å²) in [5.41, 5.74) is 0.637. The first-order valence-corrected chi connectivity index (χ1v) is 5.62. The van der Waals surface area contributed by atoms with Crippen molar-refractivity contribution in [2.24, 2.45) is 0 Å². The number of aliphatic hydroxyl groups excluding tert-OH is 2. The molecule has 1 heterocycles. The average molecular weight is 239 g/mol. The predicted molar refractivity (Wildman–Crippen MR) is 62.1 cm³/mol. The van der Waals surface area contributed by atoms with Crippen LogP contribution in [0.5, 0.6) is 11.5 Å². The number of hydrogen-bond donors (Lipinski definition) is 3. The van der Waals surface area contributed by atoms with Gasteiger partial charge in [0.1, 0.15) is 6.10 Å². The van der Waals surface area contributed by atoms with E-state index >= 15 is 0 Å². The first-order valence-electron chi connectivity index (χ1n) is 5.62. The van der Waals surface area contributed by atoms with Crippen LogP contribution in [0.15, 0.2) is 18.2 Å². The maximum absolute atomic E-state index is 9.97. The first kappa shape index (κ1) is 12.2. The molecule has 5 heteroatoms. The fourth-order valence-corrected chi connectivity index (χ4v) is 1.77. The van der Waals surface area contributed by atoms with Gasteiger partial charge in [-0.05, 0) is 37.7 Å². The zero-order valence-corrected chi connectivity index (χ0v) is 9.72. The Morgan fingerprint density at radius 3 is 2.82 bits per heavy atom. The lowest BCUT2D eigenvalue weighted by atomic mass is 10.0. The van der Waals surface area contributed by atoms with Gasteiger partial charge in [0.2, 0.25) is 6.79 Å². The number of nitrogens with one attached hydrogen (secondary N) is 1. The molecule has 1 aromatic carbocycles. The van der Waals surface area contributed by atoms with Gasteiger partial charge in [0.15, 0.2) is 11.5 Å². The second kappa shape index (κ2) is 5.35. The Morgan fingerprint density at radius 1 is 1.29 bits per heavy atom. The van der Waals surface area contributed by atoms with E-state index in [4.69, 9.17) is 9.47 Å². The quantitative estimate of drug-likeness (QED) is 0.694. The Morgan fingerprint density at radius 2 is 2.06 bits per heavy atom. The largest absolute Gasteiger partial charge is 0.454 e. The number of hydrogen-bond acceptors (Lipinski definition) is 5. The van der Waals surface area contributed by atoms with Gasteiger partial charge in [0.25, 0.3) is 0 Å². The highest BCUT2D eigenvalue weighted by Crippen LogP contribution is 2.34. The first-order chi connectivity index (χ1) is 8.22. The molecule has 1 aliphatic heterocycles. The average Bonchev–Trinajstić information content (AvgIpc) is 2.81. The standard InChI is InChI=1S/C12H17NO4/c1-13-5-4-9(14)12(15)8-2-3-10-11(6-8)17-7-16-10/h2-3,6,9,12-15H,4-5,7H2,1H3. The highest BCUT2D eigenvalue weighted by molar-refractivity contribution is 5.45. The van der Waals surface area contributed by atoms with E-state index in [1.807, 2.05) is 0 Å². The van der Waals surface area contributed by atoms with Crippen molar-refractivity contribution in [2.75, 3.05) is 20.4 Å². The van der Waals surface area contributed by atoms with Gasteiger partial charge >= 0.3 is 0 Å². The van der Waals surface area contributed by atoms with Crippen molar-refractivity contribution in [3.8, 4) is 11.5 Å². The molecule has 2 rings (SSSR count). The highest BCUT2D eigenvalue weighted by atomic mass is 16.7. The maximum Gasteiger partial charge on any atom is 0.231 e. The molecule has 5 nitrogen and oxygen atoms in total. The third-order valence-electron chi connectivity index (χ3n) is 2.79. The van der Waals surface area contributed by atoms with Crippen molar-refractivity contribution >= 4 is 0 Å². The van der Waals surface area contributed by atoms with E-state index in [2.05, 4.69) is 5.32 Å². The molecule has 0 amide bonds. The van der Waals surface area contributed by atoms with Crippen molar-refractivity contribution in [1.29, 1.82) is 0 Å². The van der Waals surface area contributed by atoms with Gasteiger partial charge in [-0.25, -0.2) is 0 Å². The van der Waals surface area contributed by atoms with Crippen LogP contribution in [-0.2, 0) is 0 Å². The molecular formula is C12H17NO4. The lowest BCUT2D eigenvalue weighted by Crippen LogP contribution is -2.23. The zero-order valence-electron chi connectivity index (χ0n) is 9.72. The Balaban J connectivity index is 2.06. The third kappa shape index (κ3) is 2.69.